The Kier molecular flexibility index (Phi) is 8.79. The molecule has 3 aromatic rings. The molecule has 0 aliphatic carbocycles. The van der Waals surface area contributed by atoms with E-state index in [1.807, 2.05) is 0 Å². The number of carbonyl (C=O) groups excluding carboxylic acids is 2. The van der Waals surface area contributed by atoms with E-state index in [0.717, 1.165) is 24.3 Å². The van der Waals surface area contributed by atoms with Crippen LogP contribution in [0.5, 0.6) is 5.75 Å². The lowest BCUT2D eigenvalue weighted by Crippen LogP contribution is -2.24. The summed E-state index contributed by atoms with van der Waals surface area (Å²) in [5.41, 5.74) is -1.36. The number of amides is 2. The first-order valence-electron chi connectivity index (χ1n) is 10.6. The molecule has 14 heteroatoms. The number of amidine groups is 1. The molecule has 0 saturated heterocycles. The minimum atomic E-state index is -5.20. The zero-order valence-corrected chi connectivity index (χ0v) is 21.5. The second kappa shape index (κ2) is 11.7. The Hall–Kier alpha value is -3.90. The fraction of sp³-hybridized carbons (Fsp3) is 0.167. The fourth-order valence-electron chi connectivity index (χ4n) is 3.33. The second-order valence-electron chi connectivity index (χ2n) is 7.78. The molecular weight excluding hydrogens is 553 g/mol. The van der Waals surface area contributed by atoms with Crippen LogP contribution in [0, 0.1) is 5.82 Å². The third kappa shape index (κ3) is 7.11. The lowest BCUT2D eigenvalue weighted by atomic mass is 10.1. The van der Waals surface area contributed by atoms with Crippen molar-refractivity contribution in [2.24, 2.45) is 4.99 Å². The Morgan fingerprint density at radius 2 is 1.66 bits per heavy atom. The quantitative estimate of drug-likeness (QED) is 0.219. The van der Waals surface area contributed by atoms with Gasteiger partial charge in [-0.1, -0.05) is 29.3 Å². The molecule has 0 bridgehead atoms. The smallest absolute Gasteiger partial charge is 0.403 e. The Labute approximate surface area is 224 Å². The number of pyridine rings is 1. The van der Waals surface area contributed by atoms with Gasteiger partial charge in [-0.15, -0.1) is 13.2 Å². The molecule has 8 nitrogen and oxygen atoms in total. The SMILES string of the molecule is CN=C(c1ccc(C(=O)Nc2c(OC(F)(F)F)cc(Cl)cc2C(=O)Nc2ccc(Cl)cn2)c(F)c1)N(C)C. The maximum atomic E-state index is 14.9. The molecular formula is C24H19Cl2F4N5O3. The highest BCUT2D eigenvalue weighted by atomic mass is 35.5. The molecule has 0 fully saturated rings. The third-order valence-electron chi connectivity index (χ3n) is 4.85. The average molecular weight is 572 g/mol. The Balaban J connectivity index is 2.03. The number of nitrogens with one attached hydrogen (secondary N) is 2. The van der Waals surface area contributed by atoms with Gasteiger partial charge in [0, 0.05) is 44.0 Å². The molecule has 0 atom stereocenters. The molecule has 2 N–H and O–H groups in total. The molecule has 200 valence electrons. The largest absolute Gasteiger partial charge is 0.573 e. The summed E-state index contributed by atoms with van der Waals surface area (Å²) in [5, 5.41) is 4.47. The van der Waals surface area contributed by atoms with Gasteiger partial charge in [0.15, 0.2) is 5.75 Å². The van der Waals surface area contributed by atoms with E-state index in [4.69, 9.17) is 23.2 Å². The van der Waals surface area contributed by atoms with Crippen LogP contribution in [0.1, 0.15) is 26.3 Å². The number of carbonyl (C=O) groups is 2. The Morgan fingerprint density at radius 1 is 0.974 bits per heavy atom. The van der Waals surface area contributed by atoms with Crippen LogP contribution in [-0.4, -0.2) is 55.0 Å². The number of alkyl halides is 3. The summed E-state index contributed by atoms with van der Waals surface area (Å²) in [7, 11) is 4.88. The predicted molar refractivity (Wildman–Crippen MR) is 136 cm³/mol. The standard InChI is InChI=1S/C24H19Cl2F4N5O3/c1-31-21(35(2)3)12-4-6-15(17(27)8-12)22(36)34-20-16(9-14(26)10-18(20)38-24(28,29)30)23(37)33-19-7-5-13(25)11-32-19/h4-11H,1-3H3,(H,34,36)(H,32,33,37). The topological polar surface area (TPSA) is 95.9 Å². The predicted octanol–water partition coefficient (Wildman–Crippen LogP) is 5.87. The van der Waals surface area contributed by atoms with Gasteiger partial charge in [-0.3, -0.25) is 14.6 Å². The Bertz CT molecular complexity index is 1400. The van der Waals surface area contributed by atoms with Crippen molar-refractivity contribution < 1.29 is 31.9 Å². The van der Waals surface area contributed by atoms with E-state index in [1.165, 1.54) is 31.4 Å². The van der Waals surface area contributed by atoms with Gasteiger partial charge < -0.3 is 20.3 Å². The van der Waals surface area contributed by atoms with Crippen molar-refractivity contribution in [3.63, 3.8) is 0 Å². The van der Waals surface area contributed by atoms with Gasteiger partial charge in [0.05, 0.1) is 21.8 Å². The second-order valence-corrected chi connectivity index (χ2v) is 8.65. The van der Waals surface area contributed by atoms with Crippen LogP contribution >= 0.6 is 23.2 Å². The van der Waals surface area contributed by atoms with Crippen LogP contribution in [-0.2, 0) is 0 Å². The number of halogens is 6. The van der Waals surface area contributed by atoms with E-state index < -0.39 is 46.6 Å². The number of rotatable bonds is 6. The van der Waals surface area contributed by atoms with Gasteiger partial charge in [-0.25, -0.2) is 9.37 Å². The zero-order chi connectivity index (χ0) is 28.2. The molecule has 0 unspecified atom stereocenters. The molecule has 2 aromatic carbocycles. The van der Waals surface area contributed by atoms with Crippen LogP contribution in [0.4, 0.5) is 29.1 Å². The molecule has 0 radical (unpaired) electrons. The van der Waals surface area contributed by atoms with Crippen LogP contribution in [0.25, 0.3) is 0 Å². The van der Waals surface area contributed by atoms with Crippen molar-refractivity contribution in [1.82, 2.24) is 9.88 Å². The van der Waals surface area contributed by atoms with E-state index in [-0.39, 0.29) is 15.9 Å². The maximum absolute atomic E-state index is 14.9. The summed E-state index contributed by atoms with van der Waals surface area (Å²) >= 11 is 11.7. The van der Waals surface area contributed by atoms with E-state index in [9.17, 15) is 27.2 Å². The summed E-state index contributed by atoms with van der Waals surface area (Å²) < 4.78 is 58.3. The highest BCUT2D eigenvalue weighted by Crippen LogP contribution is 2.37. The van der Waals surface area contributed by atoms with Crippen molar-refractivity contribution >= 4 is 52.4 Å². The first kappa shape index (κ1) is 28.7. The third-order valence-corrected chi connectivity index (χ3v) is 5.29. The lowest BCUT2D eigenvalue weighted by Gasteiger charge is -2.19. The first-order chi connectivity index (χ1) is 17.8. The van der Waals surface area contributed by atoms with E-state index in [0.29, 0.717) is 11.4 Å². The maximum Gasteiger partial charge on any atom is 0.573 e. The molecule has 1 heterocycles. The van der Waals surface area contributed by atoms with E-state index >= 15 is 0 Å². The number of anilines is 2. The molecule has 0 aliphatic heterocycles. The molecule has 0 spiro atoms. The van der Waals surface area contributed by atoms with E-state index in [2.05, 4.69) is 25.3 Å². The van der Waals surface area contributed by atoms with Gasteiger partial charge >= 0.3 is 6.36 Å². The highest BCUT2D eigenvalue weighted by Gasteiger charge is 2.34. The van der Waals surface area contributed by atoms with Crippen LogP contribution < -0.4 is 15.4 Å². The first-order valence-corrected chi connectivity index (χ1v) is 11.3. The van der Waals surface area contributed by atoms with Crippen molar-refractivity contribution in [2.45, 2.75) is 6.36 Å². The normalized spacial score (nSPS) is 11.7. The minimum Gasteiger partial charge on any atom is -0.403 e. The molecule has 0 aliphatic rings. The molecule has 1 aromatic heterocycles. The van der Waals surface area contributed by atoms with Crippen molar-refractivity contribution in [3.8, 4) is 5.75 Å². The van der Waals surface area contributed by atoms with E-state index in [1.54, 1.807) is 19.0 Å². The average Bonchev–Trinajstić information content (AvgIpc) is 2.81. The summed E-state index contributed by atoms with van der Waals surface area (Å²) in [6.45, 7) is 0. The number of ether oxygens (including phenoxy) is 1. The van der Waals surface area contributed by atoms with Gasteiger partial charge in [0.25, 0.3) is 11.8 Å². The van der Waals surface area contributed by atoms with Crippen molar-refractivity contribution in [2.75, 3.05) is 31.8 Å². The summed E-state index contributed by atoms with van der Waals surface area (Å²) in [5.74, 6) is -3.68. The number of benzene rings is 2. The lowest BCUT2D eigenvalue weighted by molar-refractivity contribution is -0.274. The van der Waals surface area contributed by atoms with Gasteiger partial charge in [-0.2, -0.15) is 0 Å². The molecule has 0 saturated carbocycles. The van der Waals surface area contributed by atoms with Crippen LogP contribution in [0.3, 0.4) is 0 Å². The highest BCUT2D eigenvalue weighted by molar-refractivity contribution is 6.32. The minimum absolute atomic E-state index is 0.00543. The van der Waals surface area contributed by atoms with Gasteiger partial charge in [-0.05, 0) is 30.3 Å². The van der Waals surface area contributed by atoms with Crippen LogP contribution in [0.15, 0.2) is 53.7 Å². The van der Waals surface area contributed by atoms with Crippen LogP contribution in [0.2, 0.25) is 10.0 Å². The zero-order valence-electron chi connectivity index (χ0n) is 20.0. The molecule has 2 amide bonds. The molecule has 38 heavy (non-hydrogen) atoms. The summed E-state index contributed by atoms with van der Waals surface area (Å²) in [6, 6.07) is 8.11. The van der Waals surface area contributed by atoms with Gasteiger partial charge in [0.1, 0.15) is 17.5 Å². The number of hydrogen-bond donors (Lipinski definition) is 2. The number of aliphatic imine (C=N–C) groups is 1. The number of aromatic nitrogens is 1. The summed E-state index contributed by atoms with van der Waals surface area (Å²) in [4.78, 5) is 35.5. The number of hydrogen-bond acceptors (Lipinski definition) is 5. The molecule has 3 rings (SSSR count). The number of nitrogens with zero attached hydrogens (tertiary/aromatic N) is 3. The monoisotopic (exact) mass is 571 g/mol. The Morgan fingerprint density at radius 3 is 2.21 bits per heavy atom. The van der Waals surface area contributed by atoms with Crippen molar-refractivity contribution in [1.29, 1.82) is 0 Å². The van der Waals surface area contributed by atoms with Crippen molar-refractivity contribution in [3.05, 3.63) is 81.2 Å². The fourth-order valence-corrected chi connectivity index (χ4v) is 3.65. The summed E-state index contributed by atoms with van der Waals surface area (Å²) in [6.07, 6.45) is -3.97. The van der Waals surface area contributed by atoms with Gasteiger partial charge in [0.2, 0.25) is 0 Å².